The average Bonchev–Trinajstić information content (AvgIpc) is 2.71. The van der Waals surface area contributed by atoms with Crippen molar-refractivity contribution in [3.8, 4) is 0 Å². The zero-order chi connectivity index (χ0) is 21.4. The zero-order valence-electron chi connectivity index (χ0n) is 16.7. The molecule has 0 aliphatic carbocycles. The van der Waals surface area contributed by atoms with Gasteiger partial charge in [0.15, 0.2) is 0 Å². The van der Waals surface area contributed by atoms with Gasteiger partial charge in [0.1, 0.15) is 6.04 Å². The Morgan fingerprint density at radius 1 is 1.14 bits per heavy atom. The number of thioether (sulfide) groups is 1. The standard InChI is InChI=1S/C21H25N3O4S/c1-14(2)15-6-4-8-17(12-15)22-21(26)19(10-11-29-3)23-20(25)16-7-5-9-18(13-16)24(27)28/h4-9,12-14,19H,10-11H2,1-3H3,(H,22,26)(H,23,25). The number of hydrogen-bond acceptors (Lipinski definition) is 5. The van der Waals surface area contributed by atoms with E-state index in [0.717, 1.165) is 5.56 Å². The molecular weight excluding hydrogens is 390 g/mol. The molecule has 0 bridgehead atoms. The summed E-state index contributed by atoms with van der Waals surface area (Å²) in [4.78, 5) is 35.7. The predicted molar refractivity (Wildman–Crippen MR) is 117 cm³/mol. The minimum absolute atomic E-state index is 0.142. The zero-order valence-corrected chi connectivity index (χ0v) is 17.5. The van der Waals surface area contributed by atoms with Crippen LogP contribution in [0.3, 0.4) is 0 Å². The van der Waals surface area contributed by atoms with E-state index in [-0.39, 0.29) is 17.2 Å². The van der Waals surface area contributed by atoms with Crippen LogP contribution in [-0.2, 0) is 4.79 Å². The van der Waals surface area contributed by atoms with Crippen LogP contribution in [0.4, 0.5) is 11.4 Å². The first-order chi connectivity index (χ1) is 13.8. The molecule has 0 spiro atoms. The van der Waals surface area contributed by atoms with Gasteiger partial charge in [0.25, 0.3) is 11.6 Å². The van der Waals surface area contributed by atoms with Gasteiger partial charge in [-0.2, -0.15) is 11.8 Å². The lowest BCUT2D eigenvalue weighted by Gasteiger charge is -2.19. The highest BCUT2D eigenvalue weighted by atomic mass is 32.2. The molecule has 1 unspecified atom stereocenters. The Hall–Kier alpha value is -2.87. The van der Waals surface area contributed by atoms with Crippen LogP contribution in [0.5, 0.6) is 0 Å². The van der Waals surface area contributed by atoms with E-state index in [4.69, 9.17) is 0 Å². The largest absolute Gasteiger partial charge is 0.340 e. The molecule has 2 amide bonds. The van der Waals surface area contributed by atoms with Crippen LogP contribution in [0.15, 0.2) is 48.5 Å². The molecular formula is C21H25N3O4S. The summed E-state index contributed by atoms with van der Waals surface area (Å²) in [5.74, 6) is 0.164. The number of hydrogen-bond donors (Lipinski definition) is 2. The average molecular weight is 416 g/mol. The summed E-state index contributed by atoms with van der Waals surface area (Å²) in [7, 11) is 0. The van der Waals surface area contributed by atoms with E-state index < -0.39 is 16.9 Å². The number of non-ortho nitro benzene ring substituents is 1. The fourth-order valence-electron chi connectivity index (χ4n) is 2.71. The summed E-state index contributed by atoms with van der Waals surface area (Å²) in [6, 6.07) is 12.3. The number of nitrogens with one attached hydrogen (secondary N) is 2. The van der Waals surface area contributed by atoms with Gasteiger partial charge in [-0.15, -0.1) is 0 Å². The molecule has 1 atom stereocenters. The molecule has 0 heterocycles. The van der Waals surface area contributed by atoms with Gasteiger partial charge in [-0.3, -0.25) is 19.7 Å². The van der Waals surface area contributed by atoms with Crippen LogP contribution >= 0.6 is 11.8 Å². The van der Waals surface area contributed by atoms with E-state index in [2.05, 4.69) is 24.5 Å². The molecule has 2 aromatic rings. The summed E-state index contributed by atoms with van der Waals surface area (Å²) in [5.41, 5.74) is 1.74. The number of carbonyl (C=O) groups excluding carboxylic acids is 2. The van der Waals surface area contributed by atoms with Crippen molar-refractivity contribution in [3.63, 3.8) is 0 Å². The number of amides is 2. The number of rotatable bonds is 9. The molecule has 2 N–H and O–H groups in total. The van der Waals surface area contributed by atoms with Gasteiger partial charge in [-0.05, 0) is 48.1 Å². The lowest BCUT2D eigenvalue weighted by atomic mass is 10.0. The molecule has 29 heavy (non-hydrogen) atoms. The van der Waals surface area contributed by atoms with Crippen molar-refractivity contribution in [2.24, 2.45) is 0 Å². The minimum Gasteiger partial charge on any atom is -0.340 e. The van der Waals surface area contributed by atoms with E-state index in [1.54, 1.807) is 17.8 Å². The quantitative estimate of drug-likeness (QED) is 0.472. The molecule has 2 rings (SSSR count). The van der Waals surface area contributed by atoms with Crippen molar-refractivity contribution in [1.29, 1.82) is 0 Å². The van der Waals surface area contributed by atoms with Gasteiger partial charge in [-0.1, -0.05) is 32.0 Å². The summed E-state index contributed by atoms with van der Waals surface area (Å²) < 4.78 is 0. The molecule has 0 aliphatic heterocycles. The van der Waals surface area contributed by atoms with Crippen LogP contribution in [-0.4, -0.2) is 34.8 Å². The maximum Gasteiger partial charge on any atom is 0.270 e. The Morgan fingerprint density at radius 3 is 2.52 bits per heavy atom. The first-order valence-corrected chi connectivity index (χ1v) is 10.7. The minimum atomic E-state index is -0.753. The van der Waals surface area contributed by atoms with Gasteiger partial charge < -0.3 is 10.6 Å². The molecule has 0 saturated carbocycles. The van der Waals surface area contributed by atoms with Gasteiger partial charge in [0.2, 0.25) is 5.91 Å². The van der Waals surface area contributed by atoms with Crippen LogP contribution in [0, 0.1) is 10.1 Å². The second-order valence-electron chi connectivity index (χ2n) is 6.88. The number of carbonyl (C=O) groups is 2. The molecule has 0 saturated heterocycles. The van der Waals surface area contributed by atoms with Gasteiger partial charge in [0.05, 0.1) is 4.92 Å². The smallest absolute Gasteiger partial charge is 0.270 e. The fourth-order valence-corrected chi connectivity index (χ4v) is 3.18. The summed E-state index contributed by atoms with van der Waals surface area (Å²) in [6.45, 7) is 4.14. The molecule has 2 aromatic carbocycles. The Balaban J connectivity index is 2.14. The van der Waals surface area contributed by atoms with Gasteiger partial charge >= 0.3 is 0 Å². The third kappa shape index (κ3) is 6.60. The lowest BCUT2D eigenvalue weighted by Crippen LogP contribution is -2.44. The third-order valence-electron chi connectivity index (χ3n) is 4.37. The Labute approximate surface area is 174 Å². The van der Waals surface area contributed by atoms with Crippen molar-refractivity contribution < 1.29 is 14.5 Å². The molecule has 154 valence electrons. The fraction of sp³-hybridized carbons (Fsp3) is 0.333. The second kappa shape index (κ2) is 10.6. The van der Waals surface area contributed by atoms with Gasteiger partial charge in [-0.25, -0.2) is 0 Å². The topological polar surface area (TPSA) is 101 Å². The first kappa shape index (κ1) is 22.4. The number of benzene rings is 2. The van der Waals surface area contributed by atoms with Crippen molar-refractivity contribution in [2.75, 3.05) is 17.3 Å². The van der Waals surface area contributed by atoms with Crippen molar-refractivity contribution in [2.45, 2.75) is 32.2 Å². The maximum absolute atomic E-state index is 12.8. The highest BCUT2D eigenvalue weighted by molar-refractivity contribution is 7.98. The number of nitrogens with zero attached hydrogens (tertiary/aromatic N) is 1. The summed E-state index contributed by atoms with van der Waals surface area (Å²) in [6.07, 6.45) is 2.36. The third-order valence-corrected chi connectivity index (χ3v) is 5.02. The SMILES string of the molecule is CSCCC(NC(=O)c1cccc([N+](=O)[O-])c1)C(=O)Nc1cccc(C(C)C)c1. The molecule has 0 aromatic heterocycles. The summed E-state index contributed by atoms with van der Waals surface area (Å²) >= 11 is 1.57. The van der Waals surface area contributed by atoms with Crippen LogP contribution in [0.25, 0.3) is 0 Å². The van der Waals surface area contributed by atoms with Gasteiger partial charge in [0, 0.05) is 23.4 Å². The molecule has 7 nitrogen and oxygen atoms in total. The number of anilines is 1. The maximum atomic E-state index is 12.8. The highest BCUT2D eigenvalue weighted by Crippen LogP contribution is 2.19. The Kier molecular flexibility index (Phi) is 8.21. The van der Waals surface area contributed by atoms with E-state index in [0.29, 0.717) is 23.8 Å². The van der Waals surface area contributed by atoms with Crippen molar-refractivity contribution in [1.82, 2.24) is 5.32 Å². The van der Waals surface area contributed by atoms with E-state index >= 15 is 0 Å². The predicted octanol–water partition coefficient (Wildman–Crippen LogP) is 4.21. The lowest BCUT2D eigenvalue weighted by molar-refractivity contribution is -0.384. The van der Waals surface area contributed by atoms with E-state index in [1.807, 2.05) is 24.5 Å². The van der Waals surface area contributed by atoms with Crippen LogP contribution in [0.1, 0.15) is 42.1 Å². The Morgan fingerprint density at radius 2 is 1.86 bits per heavy atom. The normalized spacial score (nSPS) is 11.7. The first-order valence-electron chi connectivity index (χ1n) is 9.27. The van der Waals surface area contributed by atoms with Crippen molar-refractivity contribution >= 4 is 35.0 Å². The molecule has 0 radical (unpaired) electrons. The molecule has 0 fully saturated rings. The highest BCUT2D eigenvalue weighted by Gasteiger charge is 2.22. The number of nitro groups is 1. The molecule has 0 aliphatic rings. The molecule has 8 heteroatoms. The monoisotopic (exact) mass is 415 g/mol. The summed E-state index contributed by atoms with van der Waals surface area (Å²) in [5, 5.41) is 16.5. The van der Waals surface area contributed by atoms with E-state index in [9.17, 15) is 19.7 Å². The van der Waals surface area contributed by atoms with Crippen LogP contribution in [0.2, 0.25) is 0 Å². The van der Waals surface area contributed by atoms with Crippen molar-refractivity contribution in [3.05, 3.63) is 69.8 Å². The Bertz CT molecular complexity index is 886. The second-order valence-corrected chi connectivity index (χ2v) is 7.87. The van der Waals surface area contributed by atoms with Crippen LogP contribution < -0.4 is 10.6 Å². The number of nitro benzene ring substituents is 1. The van der Waals surface area contributed by atoms with E-state index in [1.165, 1.54) is 24.3 Å².